The van der Waals surface area contributed by atoms with Crippen LogP contribution in [0.15, 0.2) is 55.1 Å². The van der Waals surface area contributed by atoms with Crippen molar-refractivity contribution in [1.82, 2.24) is 19.6 Å². The van der Waals surface area contributed by atoms with E-state index in [1.807, 2.05) is 36.3 Å². The Kier molecular flexibility index (Phi) is 4.56. The highest BCUT2D eigenvalue weighted by Crippen LogP contribution is 2.11. The van der Waals surface area contributed by atoms with Crippen LogP contribution in [0, 0.1) is 6.92 Å². The van der Waals surface area contributed by atoms with Crippen LogP contribution in [0.1, 0.15) is 16.7 Å². The van der Waals surface area contributed by atoms with Crippen molar-refractivity contribution in [1.29, 1.82) is 0 Å². The molecule has 24 heavy (non-hydrogen) atoms. The first-order chi connectivity index (χ1) is 11.6. The first-order valence-electron chi connectivity index (χ1n) is 7.65. The number of carbonyl (C=O) groups excluding carboxylic acids is 1. The van der Waals surface area contributed by atoms with Gasteiger partial charge in [-0.3, -0.25) is 14.2 Å². The second-order valence-corrected chi connectivity index (χ2v) is 5.62. The summed E-state index contributed by atoms with van der Waals surface area (Å²) >= 11 is 0. The van der Waals surface area contributed by atoms with Gasteiger partial charge in [-0.05, 0) is 24.1 Å². The number of carbonyl (C=O) groups is 1. The molecular weight excluding hydrogens is 302 g/mol. The predicted octanol–water partition coefficient (Wildman–Crippen LogP) is 2.63. The molecule has 0 unspecified atom stereocenters. The molecule has 0 aliphatic carbocycles. The zero-order valence-corrected chi connectivity index (χ0v) is 13.7. The van der Waals surface area contributed by atoms with Gasteiger partial charge in [-0.2, -0.15) is 10.2 Å². The van der Waals surface area contributed by atoms with E-state index in [1.165, 1.54) is 17.2 Å². The van der Waals surface area contributed by atoms with Gasteiger partial charge in [0, 0.05) is 31.1 Å². The number of nitrogens with one attached hydrogen (secondary N) is 1. The molecule has 6 heteroatoms. The van der Waals surface area contributed by atoms with Crippen molar-refractivity contribution in [2.24, 2.45) is 7.05 Å². The van der Waals surface area contributed by atoms with E-state index in [0.29, 0.717) is 12.2 Å². The molecule has 0 radical (unpaired) electrons. The van der Waals surface area contributed by atoms with Gasteiger partial charge < -0.3 is 5.32 Å². The highest BCUT2D eigenvalue weighted by atomic mass is 16.1. The maximum Gasteiger partial charge on any atom is 0.248 e. The number of hydrogen-bond donors (Lipinski definition) is 1. The van der Waals surface area contributed by atoms with E-state index in [1.54, 1.807) is 23.2 Å². The van der Waals surface area contributed by atoms with E-state index in [-0.39, 0.29) is 5.91 Å². The van der Waals surface area contributed by atoms with Crippen LogP contribution in [0.4, 0.5) is 5.69 Å². The monoisotopic (exact) mass is 321 g/mol. The summed E-state index contributed by atoms with van der Waals surface area (Å²) in [5.41, 5.74) is 3.97. The minimum atomic E-state index is -0.200. The maximum absolute atomic E-state index is 12.0. The minimum absolute atomic E-state index is 0.200. The number of rotatable bonds is 5. The number of amides is 1. The SMILES string of the molecule is Cc1ccccc1Cn1cc(NC(=O)/C=C/c2cnn(C)c2)cn1. The minimum Gasteiger partial charge on any atom is -0.320 e. The number of aryl methyl sites for hydroxylation is 2. The molecule has 2 aromatic heterocycles. The molecule has 3 aromatic rings. The number of hydrogen-bond acceptors (Lipinski definition) is 3. The molecular formula is C18H19N5O. The summed E-state index contributed by atoms with van der Waals surface area (Å²) in [7, 11) is 1.83. The van der Waals surface area contributed by atoms with Crippen molar-refractivity contribution in [2.75, 3.05) is 5.32 Å². The van der Waals surface area contributed by atoms with Crippen molar-refractivity contribution < 1.29 is 4.79 Å². The third-order valence-electron chi connectivity index (χ3n) is 3.65. The van der Waals surface area contributed by atoms with E-state index in [9.17, 15) is 4.79 Å². The lowest BCUT2D eigenvalue weighted by Crippen LogP contribution is -2.07. The van der Waals surface area contributed by atoms with E-state index in [0.717, 1.165) is 5.56 Å². The van der Waals surface area contributed by atoms with Gasteiger partial charge in [-0.15, -0.1) is 0 Å². The number of nitrogens with zero attached hydrogens (tertiary/aromatic N) is 4. The molecule has 0 spiro atoms. The second kappa shape index (κ2) is 6.95. The van der Waals surface area contributed by atoms with Crippen LogP contribution in [0.25, 0.3) is 6.08 Å². The van der Waals surface area contributed by atoms with E-state index < -0.39 is 0 Å². The van der Waals surface area contributed by atoms with Crippen molar-refractivity contribution in [3.63, 3.8) is 0 Å². The maximum atomic E-state index is 12.0. The molecule has 0 bridgehead atoms. The molecule has 0 atom stereocenters. The largest absolute Gasteiger partial charge is 0.320 e. The Bertz CT molecular complexity index is 875. The molecule has 1 aromatic carbocycles. The summed E-state index contributed by atoms with van der Waals surface area (Å²) < 4.78 is 3.50. The molecule has 0 aliphatic heterocycles. The van der Waals surface area contributed by atoms with E-state index in [2.05, 4.69) is 34.6 Å². The standard InChI is InChI=1S/C18H19N5O/c1-14-5-3-4-6-16(14)12-23-13-17(10-20-23)21-18(24)8-7-15-9-19-22(2)11-15/h3-11,13H,12H2,1-2H3,(H,21,24)/b8-7+. The lowest BCUT2D eigenvalue weighted by Gasteiger charge is -2.05. The fourth-order valence-electron chi connectivity index (χ4n) is 2.36. The fourth-order valence-corrected chi connectivity index (χ4v) is 2.36. The van der Waals surface area contributed by atoms with Crippen LogP contribution in [0.5, 0.6) is 0 Å². The Balaban J connectivity index is 1.60. The molecule has 6 nitrogen and oxygen atoms in total. The average molecular weight is 321 g/mol. The molecule has 122 valence electrons. The van der Waals surface area contributed by atoms with E-state index >= 15 is 0 Å². The summed E-state index contributed by atoms with van der Waals surface area (Å²) in [4.78, 5) is 12.0. The van der Waals surface area contributed by atoms with Gasteiger partial charge >= 0.3 is 0 Å². The summed E-state index contributed by atoms with van der Waals surface area (Å²) in [5, 5.41) is 11.1. The van der Waals surface area contributed by atoms with Gasteiger partial charge in [-0.25, -0.2) is 0 Å². The summed E-state index contributed by atoms with van der Waals surface area (Å²) in [6.45, 7) is 2.75. The summed E-state index contributed by atoms with van der Waals surface area (Å²) in [6.07, 6.45) is 10.2. The molecule has 2 heterocycles. The van der Waals surface area contributed by atoms with Crippen molar-refractivity contribution in [2.45, 2.75) is 13.5 Å². The smallest absolute Gasteiger partial charge is 0.248 e. The lowest BCUT2D eigenvalue weighted by molar-refractivity contribution is -0.111. The predicted molar refractivity (Wildman–Crippen MR) is 93.4 cm³/mol. The average Bonchev–Trinajstić information content (AvgIpc) is 3.17. The Hall–Kier alpha value is -3.15. The van der Waals surface area contributed by atoms with Crippen LogP contribution in [-0.2, 0) is 18.4 Å². The van der Waals surface area contributed by atoms with Crippen LogP contribution in [0.3, 0.4) is 0 Å². The zero-order valence-electron chi connectivity index (χ0n) is 13.7. The molecule has 1 amide bonds. The summed E-state index contributed by atoms with van der Waals surface area (Å²) in [6, 6.07) is 8.18. The Morgan fingerprint density at radius 3 is 2.79 bits per heavy atom. The van der Waals surface area contributed by atoms with Gasteiger partial charge in [0.25, 0.3) is 0 Å². The van der Waals surface area contributed by atoms with Crippen molar-refractivity contribution >= 4 is 17.7 Å². The highest BCUT2D eigenvalue weighted by Gasteiger charge is 2.04. The third kappa shape index (κ3) is 3.98. The first kappa shape index (κ1) is 15.7. The first-order valence-corrected chi connectivity index (χ1v) is 7.65. The van der Waals surface area contributed by atoms with Gasteiger partial charge in [-0.1, -0.05) is 24.3 Å². The van der Waals surface area contributed by atoms with Gasteiger partial charge in [0.1, 0.15) is 0 Å². The topological polar surface area (TPSA) is 64.7 Å². The van der Waals surface area contributed by atoms with Crippen LogP contribution < -0.4 is 5.32 Å². The highest BCUT2D eigenvalue weighted by molar-refractivity contribution is 6.01. The number of aromatic nitrogens is 4. The van der Waals surface area contributed by atoms with Crippen molar-refractivity contribution in [3.05, 3.63) is 71.8 Å². The van der Waals surface area contributed by atoms with Crippen molar-refractivity contribution in [3.8, 4) is 0 Å². The molecule has 1 N–H and O–H groups in total. The number of benzene rings is 1. The van der Waals surface area contributed by atoms with Crippen LogP contribution >= 0.6 is 0 Å². The zero-order chi connectivity index (χ0) is 16.9. The summed E-state index contributed by atoms with van der Waals surface area (Å²) in [5.74, 6) is -0.200. The quantitative estimate of drug-likeness (QED) is 0.735. The Morgan fingerprint density at radius 1 is 1.21 bits per heavy atom. The third-order valence-corrected chi connectivity index (χ3v) is 3.65. The van der Waals surface area contributed by atoms with Gasteiger partial charge in [0.2, 0.25) is 5.91 Å². The number of anilines is 1. The van der Waals surface area contributed by atoms with Crippen LogP contribution in [0.2, 0.25) is 0 Å². The van der Waals surface area contributed by atoms with Crippen LogP contribution in [-0.4, -0.2) is 25.5 Å². The van der Waals surface area contributed by atoms with E-state index in [4.69, 9.17) is 0 Å². The second-order valence-electron chi connectivity index (χ2n) is 5.62. The van der Waals surface area contributed by atoms with Gasteiger partial charge in [0.05, 0.1) is 24.6 Å². The fraction of sp³-hybridized carbons (Fsp3) is 0.167. The molecule has 0 saturated heterocycles. The van der Waals surface area contributed by atoms with Gasteiger partial charge in [0.15, 0.2) is 0 Å². The molecule has 3 rings (SSSR count). The Morgan fingerprint density at radius 2 is 2.04 bits per heavy atom. The Labute approximate surface area is 140 Å². The molecule has 0 saturated carbocycles. The lowest BCUT2D eigenvalue weighted by atomic mass is 10.1. The normalized spacial score (nSPS) is 11.1. The molecule has 0 aliphatic rings. The molecule has 0 fully saturated rings.